The summed E-state index contributed by atoms with van der Waals surface area (Å²) in [5.74, 6) is 1.75. The first kappa shape index (κ1) is 30.6. The molecular weight excluding hydrogens is 681 g/mol. The summed E-state index contributed by atoms with van der Waals surface area (Å²) in [7, 11) is 0. The van der Waals surface area contributed by atoms with Gasteiger partial charge in [-0.25, -0.2) is 19.9 Å². The largest absolute Gasteiger partial charge is 0.455 e. The molecule has 0 aliphatic carbocycles. The van der Waals surface area contributed by atoms with Gasteiger partial charge in [-0.15, -0.1) is 11.3 Å². The van der Waals surface area contributed by atoms with Crippen LogP contribution < -0.4 is 0 Å². The Bertz CT molecular complexity index is 3240. The Kier molecular flexibility index (Phi) is 6.97. The minimum Gasteiger partial charge on any atom is -0.455 e. The summed E-state index contributed by atoms with van der Waals surface area (Å²) in [6, 6.07) is 58.6. The zero-order chi connectivity index (χ0) is 35.6. The topological polar surface area (TPSA) is 64.7 Å². The molecule has 4 aromatic heterocycles. The van der Waals surface area contributed by atoms with Crippen LogP contribution in [0.1, 0.15) is 0 Å². The third-order valence-corrected chi connectivity index (χ3v) is 11.3. The molecule has 0 saturated heterocycles. The van der Waals surface area contributed by atoms with E-state index in [9.17, 15) is 0 Å². The number of pyridine rings is 1. The van der Waals surface area contributed by atoms with Crippen molar-refractivity contribution >= 4 is 64.4 Å². The highest BCUT2D eigenvalue weighted by Crippen LogP contribution is 2.41. The van der Waals surface area contributed by atoms with E-state index in [4.69, 9.17) is 24.4 Å². The highest BCUT2D eigenvalue weighted by atomic mass is 32.1. The quantitative estimate of drug-likeness (QED) is 0.178. The summed E-state index contributed by atoms with van der Waals surface area (Å²) in [5, 5.41) is 5.66. The molecule has 7 aromatic carbocycles. The van der Waals surface area contributed by atoms with Crippen LogP contribution in [0.25, 0.3) is 110 Å². The second-order valence-electron chi connectivity index (χ2n) is 13.4. The molecule has 0 N–H and O–H groups in total. The summed E-state index contributed by atoms with van der Waals surface area (Å²) < 4.78 is 8.89. The molecule has 0 spiro atoms. The van der Waals surface area contributed by atoms with Crippen molar-refractivity contribution in [3.63, 3.8) is 0 Å². The standard InChI is InChI=1S/C48H28N4OS/c1-2-13-29(14-3-1)46-50-47(52-48(51-46)39-24-12-23-36-34-19-6-8-25-40(34)53-44(36)39)33-18-11-16-31(28-33)30-15-10-17-32(27-30)42-35-20-4-5-21-37(35)45-43(49-42)38-22-7-9-26-41(38)54-45/h1-28H. The first-order valence-electron chi connectivity index (χ1n) is 17.9. The number of hydrogen-bond donors (Lipinski definition) is 0. The molecule has 0 saturated carbocycles. The highest BCUT2D eigenvalue weighted by molar-refractivity contribution is 7.26. The molecule has 0 aliphatic rings. The molecule has 252 valence electrons. The molecular formula is C48H28N4OS. The lowest BCUT2D eigenvalue weighted by atomic mass is 9.97. The van der Waals surface area contributed by atoms with Crippen LogP contribution in [0, 0.1) is 0 Å². The van der Waals surface area contributed by atoms with E-state index in [0.29, 0.717) is 17.5 Å². The molecule has 0 aliphatic heterocycles. The summed E-state index contributed by atoms with van der Waals surface area (Å²) in [4.78, 5) is 20.5. The van der Waals surface area contributed by atoms with Crippen molar-refractivity contribution in [1.29, 1.82) is 0 Å². The van der Waals surface area contributed by atoms with Crippen LogP contribution in [0.5, 0.6) is 0 Å². The zero-order valence-corrected chi connectivity index (χ0v) is 29.6. The Morgan fingerprint density at radius 1 is 0.389 bits per heavy atom. The van der Waals surface area contributed by atoms with Crippen molar-refractivity contribution in [3.8, 4) is 56.5 Å². The van der Waals surface area contributed by atoms with Crippen LogP contribution in [0.2, 0.25) is 0 Å². The number of fused-ring (bicyclic) bond motifs is 8. The maximum absolute atomic E-state index is 6.42. The number of nitrogens with zero attached hydrogens (tertiary/aromatic N) is 4. The lowest BCUT2D eigenvalue weighted by Crippen LogP contribution is -2.00. The molecule has 6 heteroatoms. The maximum atomic E-state index is 6.42. The van der Waals surface area contributed by atoms with E-state index in [1.807, 2.05) is 72.0 Å². The normalized spacial score (nSPS) is 11.7. The van der Waals surface area contributed by atoms with Crippen molar-refractivity contribution in [1.82, 2.24) is 19.9 Å². The molecule has 0 fully saturated rings. The third-order valence-electron chi connectivity index (χ3n) is 10.1. The van der Waals surface area contributed by atoms with Gasteiger partial charge >= 0.3 is 0 Å². The van der Waals surface area contributed by atoms with Crippen molar-refractivity contribution < 1.29 is 4.42 Å². The molecule has 0 unspecified atom stereocenters. The SMILES string of the molecule is c1ccc(-c2nc(-c3cccc(-c4cccc(-c5nc6c7ccccc7sc6c6ccccc56)c4)c3)nc(-c3cccc4c3oc3ccccc34)n2)cc1. The van der Waals surface area contributed by atoms with Gasteiger partial charge in [-0.05, 0) is 41.5 Å². The van der Waals surface area contributed by atoms with Gasteiger partial charge in [-0.3, -0.25) is 0 Å². The predicted octanol–water partition coefficient (Wildman–Crippen LogP) is 13.0. The smallest absolute Gasteiger partial charge is 0.167 e. The lowest BCUT2D eigenvalue weighted by molar-refractivity contribution is 0.669. The van der Waals surface area contributed by atoms with E-state index in [0.717, 1.165) is 71.9 Å². The lowest BCUT2D eigenvalue weighted by Gasteiger charge is -2.11. The number of thiophene rings is 1. The van der Waals surface area contributed by atoms with E-state index >= 15 is 0 Å². The average molecular weight is 709 g/mol. The molecule has 11 rings (SSSR count). The molecule has 54 heavy (non-hydrogen) atoms. The maximum Gasteiger partial charge on any atom is 0.167 e. The van der Waals surface area contributed by atoms with Gasteiger partial charge in [-0.1, -0.05) is 140 Å². The number of benzene rings is 7. The molecule has 0 radical (unpaired) electrons. The van der Waals surface area contributed by atoms with Crippen LogP contribution in [0.4, 0.5) is 0 Å². The minimum atomic E-state index is 0.560. The van der Waals surface area contributed by atoms with Crippen molar-refractivity contribution in [2.75, 3.05) is 0 Å². The molecule has 5 nitrogen and oxygen atoms in total. The van der Waals surface area contributed by atoms with Crippen LogP contribution >= 0.6 is 11.3 Å². The molecule has 4 heterocycles. The molecule has 11 aromatic rings. The fourth-order valence-electron chi connectivity index (χ4n) is 7.55. The molecule has 0 bridgehead atoms. The average Bonchev–Trinajstić information content (AvgIpc) is 3.82. The van der Waals surface area contributed by atoms with Gasteiger partial charge in [-0.2, -0.15) is 0 Å². The van der Waals surface area contributed by atoms with Crippen LogP contribution in [-0.4, -0.2) is 19.9 Å². The Hall–Kier alpha value is -7.02. The van der Waals surface area contributed by atoms with Gasteiger partial charge in [0.15, 0.2) is 17.5 Å². The Morgan fingerprint density at radius 3 is 1.80 bits per heavy atom. The Morgan fingerprint density at radius 2 is 0.963 bits per heavy atom. The van der Waals surface area contributed by atoms with E-state index in [-0.39, 0.29) is 0 Å². The number of para-hydroxylation sites is 2. The second-order valence-corrected chi connectivity index (χ2v) is 14.4. The second kappa shape index (κ2) is 12.3. The van der Waals surface area contributed by atoms with E-state index < -0.39 is 0 Å². The van der Waals surface area contributed by atoms with Gasteiger partial charge in [0.05, 0.1) is 21.5 Å². The molecule has 0 amide bonds. The third kappa shape index (κ3) is 4.99. The predicted molar refractivity (Wildman–Crippen MR) is 222 cm³/mol. The zero-order valence-electron chi connectivity index (χ0n) is 28.8. The monoisotopic (exact) mass is 708 g/mol. The number of rotatable bonds is 5. The molecule has 0 atom stereocenters. The summed E-state index contributed by atoms with van der Waals surface area (Å²) in [6.45, 7) is 0. The van der Waals surface area contributed by atoms with Crippen LogP contribution in [0.15, 0.2) is 174 Å². The number of aromatic nitrogens is 4. The van der Waals surface area contributed by atoms with Crippen molar-refractivity contribution in [2.45, 2.75) is 0 Å². The summed E-state index contributed by atoms with van der Waals surface area (Å²) in [5.41, 5.74) is 9.47. The minimum absolute atomic E-state index is 0.560. The summed E-state index contributed by atoms with van der Waals surface area (Å²) in [6.07, 6.45) is 0. The highest BCUT2D eigenvalue weighted by Gasteiger charge is 2.19. The summed E-state index contributed by atoms with van der Waals surface area (Å²) >= 11 is 1.81. The Labute approximate surface area is 313 Å². The van der Waals surface area contributed by atoms with Gasteiger partial charge in [0, 0.05) is 48.3 Å². The van der Waals surface area contributed by atoms with Crippen LogP contribution in [-0.2, 0) is 0 Å². The van der Waals surface area contributed by atoms with Gasteiger partial charge in [0.1, 0.15) is 11.2 Å². The first-order chi connectivity index (χ1) is 26.7. The Balaban J connectivity index is 1.05. The van der Waals surface area contributed by atoms with Crippen molar-refractivity contribution in [3.05, 3.63) is 170 Å². The van der Waals surface area contributed by atoms with Gasteiger partial charge in [0.2, 0.25) is 0 Å². The van der Waals surface area contributed by atoms with Gasteiger partial charge in [0.25, 0.3) is 0 Å². The van der Waals surface area contributed by atoms with Crippen LogP contribution in [0.3, 0.4) is 0 Å². The van der Waals surface area contributed by atoms with E-state index in [2.05, 4.69) is 109 Å². The first-order valence-corrected chi connectivity index (χ1v) is 18.7. The fraction of sp³-hybridized carbons (Fsp3) is 0. The number of hydrogen-bond acceptors (Lipinski definition) is 6. The van der Waals surface area contributed by atoms with E-state index in [1.54, 1.807) is 0 Å². The van der Waals surface area contributed by atoms with Crippen molar-refractivity contribution in [2.24, 2.45) is 0 Å². The van der Waals surface area contributed by atoms with Gasteiger partial charge < -0.3 is 4.42 Å². The van der Waals surface area contributed by atoms with E-state index in [1.165, 1.54) is 20.2 Å². The number of furan rings is 1. The fourth-order valence-corrected chi connectivity index (χ4v) is 8.74.